The van der Waals surface area contributed by atoms with Crippen LogP contribution in [0.5, 0.6) is 0 Å². The van der Waals surface area contributed by atoms with Crippen LogP contribution < -0.4 is 5.73 Å². The number of rotatable bonds is 4. The lowest BCUT2D eigenvalue weighted by molar-refractivity contribution is 0.238. The zero-order valence-corrected chi connectivity index (χ0v) is 11.0. The summed E-state index contributed by atoms with van der Waals surface area (Å²) in [5.41, 5.74) is 7.76. The van der Waals surface area contributed by atoms with Crippen LogP contribution in [0.2, 0.25) is 0 Å². The molecule has 0 aliphatic heterocycles. The summed E-state index contributed by atoms with van der Waals surface area (Å²) in [4.78, 5) is 0. The summed E-state index contributed by atoms with van der Waals surface area (Å²) in [5, 5.41) is 4.38. The van der Waals surface area contributed by atoms with Gasteiger partial charge < -0.3 is 5.73 Å². The molecule has 1 aliphatic rings. The van der Waals surface area contributed by atoms with Crippen molar-refractivity contribution in [3.8, 4) is 0 Å². The van der Waals surface area contributed by atoms with Gasteiger partial charge in [-0.25, -0.2) is 0 Å². The summed E-state index contributed by atoms with van der Waals surface area (Å²) < 4.78 is 0. The van der Waals surface area contributed by atoms with Crippen LogP contribution in [-0.4, -0.2) is 6.04 Å². The topological polar surface area (TPSA) is 26.0 Å². The monoisotopic (exact) mass is 237 g/mol. The van der Waals surface area contributed by atoms with E-state index in [4.69, 9.17) is 5.73 Å². The summed E-state index contributed by atoms with van der Waals surface area (Å²) in [6, 6.07) is 2.59. The molecule has 1 heterocycles. The molecule has 1 unspecified atom stereocenters. The lowest BCUT2D eigenvalue weighted by Crippen LogP contribution is -2.34. The molecular weight excluding hydrogens is 214 g/mol. The van der Waals surface area contributed by atoms with E-state index in [0.717, 1.165) is 18.3 Å². The second-order valence-electron chi connectivity index (χ2n) is 5.19. The first kappa shape index (κ1) is 12.1. The fourth-order valence-electron chi connectivity index (χ4n) is 2.87. The molecule has 1 aromatic rings. The van der Waals surface area contributed by atoms with E-state index in [0.29, 0.717) is 6.04 Å². The Labute approximate surface area is 103 Å². The van der Waals surface area contributed by atoms with Gasteiger partial charge >= 0.3 is 0 Å². The molecule has 2 heteroatoms. The van der Waals surface area contributed by atoms with Gasteiger partial charge in [0.05, 0.1) is 0 Å². The zero-order chi connectivity index (χ0) is 11.4. The van der Waals surface area contributed by atoms with Crippen molar-refractivity contribution in [3.05, 3.63) is 22.4 Å². The first-order chi connectivity index (χ1) is 7.79. The van der Waals surface area contributed by atoms with Gasteiger partial charge in [0.2, 0.25) is 0 Å². The highest BCUT2D eigenvalue weighted by Crippen LogP contribution is 2.32. The molecule has 0 radical (unpaired) electrons. The molecule has 1 saturated carbocycles. The molecule has 1 fully saturated rings. The summed E-state index contributed by atoms with van der Waals surface area (Å²) >= 11 is 1.78. The molecule has 0 aromatic carbocycles. The molecular formula is C14H23NS. The fourth-order valence-corrected chi connectivity index (χ4v) is 3.55. The highest BCUT2D eigenvalue weighted by Gasteiger charge is 2.24. The highest BCUT2D eigenvalue weighted by molar-refractivity contribution is 7.07. The molecule has 16 heavy (non-hydrogen) atoms. The third-order valence-corrected chi connectivity index (χ3v) is 4.86. The van der Waals surface area contributed by atoms with Crippen molar-refractivity contribution in [1.82, 2.24) is 0 Å². The Morgan fingerprint density at radius 3 is 2.69 bits per heavy atom. The van der Waals surface area contributed by atoms with Gasteiger partial charge in [0, 0.05) is 6.04 Å². The molecule has 1 nitrogen and oxygen atoms in total. The Bertz CT molecular complexity index is 286. The predicted octanol–water partition coefficient (Wildman–Crippen LogP) is 3.83. The molecule has 0 bridgehead atoms. The van der Waals surface area contributed by atoms with Crippen LogP contribution in [0.3, 0.4) is 0 Å². The predicted molar refractivity (Wildman–Crippen MR) is 71.7 cm³/mol. The van der Waals surface area contributed by atoms with Gasteiger partial charge in [-0.2, -0.15) is 11.3 Å². The van der Waals surface area contributed by atoms with Crippen LogP contribution in [0.1, 0.15) is 44.6 Å². The normalized spacial score (nSPS) is 27.9. The molecule has 1 aliphatic carbocycles. The number of nitrogens with two attached hydrogens (primary N) is 1. The standard InChI is InChI=1S/C14H23NS/c1-2-11-3-5-13(6-4-11)14(15)9-12-7-8-16-10-12/h7-8,10-11,13-14H,2-6,9,15H2,1H3. The first-order valence-electron chi connectivity index (χ1n) is 6.56. The smallest absolute Gasteiger partial charge is 0.0108 e. The van der Waals surface area contributed by atoms with E-state index in [1.54, 1.807) is 11.3 Å². The SMILES string of the molecule is CCC1CCC(C(N)Cc2ccsc2)CC1. The third-order valence-electron chi connectivity index (χ3n) is 4.13. The molecule has 2 rings (SSSR count). The number of hydrogen-bond donors (Lipinski definition) is 1. The van der Waals surface area contributed by atoms with Gasteiger partial charge in [-0.05, 0) is 53.5 Å². The van der Waals surface area contributed by atoms with E-state index in [1.165, 1.54) is 37.7 Å². The maximum Gasteiger partial charge on any atom is 0.0108 e. The minimum Gasteiger partial charge on any atom is -0.327 e. The Kier molecular flexibility index (Phi) is 4.42. The van der Waals surface area contributed by atoms with Crippen molar-refractivity contribution in [2.45, 2.75) is 51.5 Å². The molecule has 0 saturated heterocycles. The van der Waals surface area contributed by atoms with Gasteiger partial charge in [0.1, 0.15) is 0 Å². The Morgan fingerprint density at radius 1 is 1.38 bits per heavy atom. The molecule has 1 atom stereocenters. The van der Waals surface area contributed by atoms with Gasteiger partial charge in [-0.3, -0.25) is 0 Å². The van der Waals surface area contributed by atoms with Gasteiger partial charge in [0.15, 0.2) is 0 Å². The fraction of sp³-hybridized carbons (Fsp3) is 0.714. The third kappa shape index (κ3) is 3.08. The molecule has 2 N–H and O–H groups in total. The van der Waals surface area contributed by atoms with E-state index in [-0.39, 0.29) is 0 Å². The quantitative estimate of drug-likeness (QED) is 0.846. The van der Waals surface area contributed by atoms with E-state index in [9.17, 15) is 0 Å². The van der Waals surface area contributed by atoms with E-state index < -0.39 is 0 Å². The number of thiophene rings is 1. The minimum absolute atomic E-state index is 0.382. The second kappa shape index (κ2) is 5.83. The Balaban J connectivity index is 1.80. The van der Waals surface area contributed by atoms with Crippen LogP contribution in [0.4, 0.5) is 0 Å². The van der Waals surface area contributed by atoms with Gasteiger partial charge in [-0.15, -0.1) is 0 Å². The van der Waals surface area contributed by atoms with Crippen LogP contribution in [0.15, 0.2) is 16.8 Å². The Hall–Kier alpha value is -0.340. The average Bonchev–Trinajstić information content (AvgIpc) is 2.82. The average molecular weight is 237 g/mol. The van der Waals surface area contributed by atoms with Crippen LogP contribution in [0, 0.1) is 11.8 Å². The summed E-state index contributed by atoms with van der Waals surface area (Å²) in [6.07, 6.45) is 7.93. The van der Waals surface area contributed by atoms with E-state index >= 15 is 0 Å². The lowest BCUT2D eigenvalue weighted by Gasteiger charge is -2.31. The van der Waals surface area contributed by atoms with Crippen molar-refractivity contribution in [2.75, 3.05) is 0 Å². The minimum atomic E-state index is 0.382. The molecule has 0 spiro atoms. The number of hydrogen-bond acceptors (Lipinski definition) is 2. The lowest BCUT2D eigenvalue weighted by atomic mass is 9.77. The maximum absolute atomic E-state index is 6.33. The van der Waals surface area contributed by atoms with Crippen molar-refractivity contribution < 1.29 is 0 Å². The van der Waals surface area contributed by atoms with Crippen LogP contribution in [0.25, 0.3) is 0 Å². The van der Waals surface area contributed by atoms with Crippen molar-refractivity contribution in [3.63, 3.8) is 0 Å². The zero-order valence-electron chi connectivity index (χ0n) is 10.2. The molecule has 1 aromatic heterocycles. The van der Waals surface area contributed by atoms with Crippen molar-refractivity contribution in [1.29, 1.82) is 0 Å². The van der Waals surface area contributed by atoms with Crippen molar-refractivity contribution in [2.24, 2.45) is 17.6 Å². The largest absolute Gasteiger partial charge is 0.327 e. The summed E-state index contributed by atoms with van der Waals surface area (Å²) in [6.45, 7) is 2.32. The summed E-state index contributed by atoms with van der Waals surface area (Å²) in [7, 11) is 0. The van der Waals surface area contributed by atoms with Gasteiger partial charge in [-0.1, -0.05) is 26.2 Å². The van der Waals surface area contributed by atoms with E-state index in [2.05, 4.69) is 23.8 Å². The summed E-state index contributed by atoms with van der Waals surface area (Å²) in [5.74, 6) is 1.74. The van der Waals surface area contributed by atoms with Crippen LogP contribution in [-0.2, 0) is 6.42 Å². The highest BCUT2D eigenvalue weighted by atomic mass is 32.1. The molecule has 0 amide bonds. The molecule has 90 valence electrons. The second-order valence-corrected chi connectivity index (χ2v) is 5.97. The first-order valence-corrected chi connectivity index (χ1v) is 7.50. The van der Waals surface area contributed by atoms with Crippen molar-refractivity contribution >= 4 is 11.3 Å². The van der Waals surface area contributed by atoms with Gasteiger partial charge in [0.25, 0.3) is 0 Å². The van der Waals surface area contributed by atoms with Crippen LogP contribution >= 0.6 is 11.3 Å². The maximum atomic E-state index is 6.33. The van der Waals surface area contributed by atoms with E-state index in [1.807, 2.05) is 0 Å². The Morgan fingerprint density at radius 2 is 2.12 bits per heavy atom.